The maximum absolute atomic E-state index is 0. The summed E-state index contributed by atoms with van der Waals surface area (Å²) < 4.78 is 0. The first kappa shape index (κ1) is 2710. The van der Waals surface area contributed by atoms with Crippen molar-refractivity contribution in [2.75, 3.05) is 0 Å². The van der Waals surface area contributed by atoms with Crippen molar-refractivity contribution in [3.63, 3.8) is 0 Å². The van der Waals surface area contributed by atoms with E-state index in [9.17, 15) is 0 Å². The van der Waals surface area contributed by atoms with Gasteiger partial charge in [-0.15, -0.1) is 0 Å². The van der Waals surface area contributed by atoms with Crippen molar-refractivity contribution in [1.82, 2.24) is 0 Å². The van der Waals surface area contributed by atoms with Crippen molar-refractivity contribution in [3.8, 4) is 0 Å². The SMILES string of the molecule is O.O.O.O.O.O.O.O.O.O.O.O.O.O.O.O.O.O.O.O.[Mo].[Mo].[Mo].[Mo].[Mo].[Mo].[Mo].[Mo].[OH3+].[OH3+].[OH3+].[OH3+].[OH3+].[OH3+]. The molecule has 0 amide bonds. The van der Waals surface area contributed by atoms with Crippen LogP contribution in [0.5, 0.6) is 0 Å². The predicted molar refractivity (Wildman–Crippen MR) is 102 cm³/mol. The van der Waals surface area contributed by atoms with Crippen LogP contribution in [0.2, 0.25) is 0 Å². The summed E-state index contributed by atoms with van der Waals surface area (Å²) in [7, 11) is 0. The van der Waals surface area contributed by atoms with E-state index in [2.05, 4.69) is 0 Å². The average molecular weight is 1240 g/mol. The van der Waals surface area contributed by atoms with Gasteiger partial charge in [-0.05, 0) is 0 Å². The summed E-state index contributed by atoms with van der Waals surface area (Å²) in [5.74, 6) is 0. The van der Waals surface area contributed by atoms with E-state index < -0.39 is 0 Å². The summed E-state index contributed by atoms with van der Waals surface area (Å²) in [4.78, 5) is 0. The molecule has 0 saturated heterocycles. The molecule has 0 unspecified atom stereocenters. The van der Waals surface area contributed by atoms with E-state index in [0.29, 0.717) is 0 Å². The van der Waals surface area contributed by atoms with Gasteiger partial charge in [-0.1, -0.05) is 0 Å². The summed E-state index contributed by atoms with van der Waals surface area (Å²) in [6.45, 7) is 0. The van der Waals surface area contributed by atoms with E-state index in [0.717, 1.165) is 0 Å². The van der Waals surface area contributed by atoms with Crippen molar-refractivity contribution < 1.29 is 311 Å². The van der Waals surface area contributed by atoms with Crippen molar-refractivity contribution in [1.29, 1.82) is 0 Å². The smallest absolute Gasteiger partial charge is 0 e. The van der Waals surface area contributed by atoms with Gasteiger partial charge in [-0.3, -0.25) is 0 Å². The Morgan fingerprint density at radius 3 is 0.0882 bits per heavy atom. The second-order valence-electron chi connectivity index (χ2n) is 0. The first-order valence-electron chi connectivity index (χ1n) is 0. The monoisotopic (exact) mass is 1260 g/mol. The molecule has 0 aliphatic carbocycles. The van der Waals surface area contributed by atoms with Crippen LogP contribution in [0.25, 0.3) is 0 Å². The third-order valence-electron chi connectivity index (χ3n) is 0. The van der Waals surface area contributed by atoms with Gasteiger partial charge in [0.15, 0.2) is 0 Å². The molecule has 58 N–H and O–H groups in total. The normalized spacial score (nSPS) is 0. The first-order valence-corrected chi connectivity index (χ1v) is 0. The minimum atomic E-state index is 0. The molecule has 0 heterocycles. The van der Waals surface area contributed by atoms with Gasteiger partial charge in [0.05, 0.1) is 0 Å². The van der Waals surface area contributed by atoms with Crippen LogP contribution in [0.15, 0.2) is 0 Å². The molecule has 0 bridgehead atoms. The molecule has 0 radical (unpaired) electrons. The molecule has 0 aromatic carbocycles. The van der Waals surface area contributed by atoms with Gasteiger partial charge < -0.3 is 142 Å². The molecule has 34 heavy (non-hydrogen) atoms. The van der Waals surface area contributed by atoms with E-state index in [-0.39, 0.29) is 311 Å². The quantitative estimate of drug-likeness (QED) is 0.161. The molecule has 0 aromatic rings. The second kappa shape index (κ2) is 2500. The number of hydrogen-bond donors (Lipinski definition) is 0. The fraction of sp³-hybridized carbons (Fsp3) is 0. The van der Waals surface area contributed by atoms with Gasteiger partial charge in [0.2, 0.25) is 0 Å². The molecule has 0 fully saturated rings. The molecule has 26 nitrogen and oxygen atoms in total. The molecule has 34 heteroatoms. The molecule has 0 rings (SSSR count). The number of hydrogen-bond acceptors (Lipinski definition) is 0. The molecule has 256 valence electrons. The zero-order valence-corrected chi connectivity index (χ0v) is 32.8. The standard InChI is InChI=1S/8Mo.26H2O/h;;;;;;;;26*1H2/p+6. The van der Waals surface area contributed by atoms with Crippen LogP contribution in [-0.4, -0.2) is 110 Å². The van der Waals surface area contributed by atoms with E-state index in [4.69, 9.17) is 0 Å². The molecule has 0 aliphatic rings. The summed E-state index contributed by atoms with van der Waals surface area (Å²) in [5, 5.41) is 0. The minimum Gasteiger partial charge on any atom is -0.457 e. The Morgan fingerprint density at radius 2 is 0.0882 bits per heavy atom. The third kappa shape index (κ3) is 2300. The average Bonchev–Trinajstić information content (AvgIpc) is 0. The molecule has 0 atom stereocenters. The topological polar surface area (TPSA) is 828 Å². The summed E-state index contributed by atoms with van der Waals surface area (Å²) >= 11 is 0. The van der Waals surface area contributed by atoms with Crippen LogP contribution >= 0.6 is 0 Å². The Balaban J connectivity index is 0. The molecular formula is H58Mo8O26+6. The third-order valence-corrected chi connectivity index (χ3v) is 0. The molecule has 0 aromatic heterocycles. The fourth-order valence-electron chi connectivity index (χ4n) is 0. The van der Waals surface area contributed by atoms with Crippen molar-refractivity contribution >= 4 is 0 Å². The Morgan fingerprint density at radius 1 is 0.0882 bits per heavy atom. The van der Waals surface area contributed by atoms with Crippen LogP contribution in [0.1, 0.15) is 0 Å². The Bertz CT molecular complexity index is 26.8. The zero-order chi connectivity index (χ0) is 0. The van der Waals surface area contributed by atoms with Gasteiger partial charge in [0.25, 0.3) is 0 Å². The predicted octanol–water partition coefficient (Wildman–Crippen LogP) is -22.0. The summed E-state index contributed by atoms with van der Waals surface area (Å²) in [6.07, 6.45) is 0. The second-order valence-corrected chi connectivity index (χ2v) is 0. The maximum Gasteiger partial charge on any atom is 0 e. The minimum absolute atomic E-state index is 0. The van der Waals surface area contributed by atoms with Crippen molar-refractivity contribution in [3.05, 3.63) is 0 Å². The summed E-state index contributed by atoms with van der Waals surface area (Å²) in [5.41, 5.74) is 0. The fourth-order valence-corrected chi connectivity index (χ4v) is 0. The Hall–Kier alpha value is 4.47. The van der Waals surface area contributed by atoms with E-state index in [1.807, 2.05) is 0 Å². The van der Waals surface area contributed by atoms with Crippen molar-refractivity contribution in [2.24, 2.45) is 0 Å². The largest absolute Gasteiger partial charge is 0.457 e. The Kier molecular flexibility index (Phi) is 199000. The molecule has 0 saturated carbocycles. The Labute approximate surface area is 307 Å². The van der Waals surface area contributed by atoms with Crippen LogP contribution in [0, 0.1) is 0 Å². The van der Waals surface area contributed by atoms with E-state index >= 15 is 0 Å². The van der Waals surface area contributed by atoms with Gasteiger partial charge in [0, 0.05) is 169 Å². The molecular weight excluding hydrogens is 1180 g/mol. The van der Waals surface area contributed by atoms with Crippen LogP contribution < -0.4 is 0 Å². The van der Waals surface area contributed by atoms with Gasteiger partial charge in [0.1, 0.15) is 0 Å². The van der Waals surface area contributed by atoms with Gasteiger partial charge >= 0.3 is 0 Å². The van der Waals surface area contributed by atoms with E-state index in [1.165, 1.54) is 0 Å². The van der Waals surface area contributed by atoms with Crippen LogP contribution in [-0.2, 0) is 201 Å². The zero-order valence-electron chi connectivity index (χ0n) is 16.7. The maximum atomic E-state index is 0. The van der Waals surface area contributed by atoms with E-state index in [1.54, 1.807) is 0 Å². The molecule has 0 aliphatic heterocycles. The van der Waals surface area contributed by atoms with Gasteiger partial charge in [-0.2, -0.15) is 0 Å². The van der Waals surface area contributed by atoms with Crippen LogP contribution in [0.3, 0.4) is 0 Å². The van der Waals surface area contributed by atoms with Crippen molar-refractivity contribution in [2.45, 2.75) is 0 Å². The molecule has 0 spiro atoms. The van der Waals surface area contributed by atoms with Crippen LogP contribution in [0.4, 0.5) is 0 Å². The number of rotatable bonds is 0. The van der Waals surface area contributed by atoms with Gasteiger partial charge in [-0.25, -0.2) is 0 Å². The summed E-state index contributed by atoms with van der Waals surface area (Å²) in [6, 6.07) is 0. The first-order chi connectivity index (χ1) is 0.